The van der Waals surface area contributed by atoms with Crippen LogP contribution in [0, 0.1) is 0 Å². The second kappa shape index (κ2) is 7.41. The van der Waals surface area contributed by atoms with E-state index in [1.807, 2.05) is 0 Å². The summed E-state index contributed by atoms with van der Waals surface area (Å²) in [6.45, 7) is 1.59. The molecule has 0 saturated carbocycles. The van der Waals surface area contributed by atoms with Gasteiger partial charge >= 0.3 is 18.2 Å². The minimum absolute atomic E-state index is 0.0491. The molecule has 0 bridgehead atoms. The van der Waals surface area contributed by atoms with E-state index in [-0.39, 0.29) is 23.4 Å². The Morgan fingerprint density at radius 1 is 1.29 bits per heavy atom. The average Bonchev–Trinajstić information content (AvgIpc) is 3.17. The van der Waals surface area contributed by atoms with Crippen molar-refractivity contribution in [3.63, 3.8) is 0 Å². The van der Waals surface area contributed by atoms with Crippen LogP contribution >= 0.6 is 0 Å². The first kappa shape index (κ1) is 19.5. The van der Waals surface area contributed by atoms with Crippen LogP contribution in [0.4, 0.5) is 18.0 Å². The van der Waals surface area contributed by atoms with Crippen LogP contribution in [0.5, 0.6) is 0 Å². The minimum Gasteiger partial charge on any atom is -0.467 e. The number of ether oxygens (including phenoxy) is 1. The first-order valence-electron chi connectivity index (χ1n) is 8.29. The molecular formula is C19H17F3N2O4. The van der Waals surface area contributed by atoms with Gasteiger partial charge in [0.2, 0.25) is 0 Å². The second-order valence-electron chi connectivity index (χ2n) is 6.16. The van der Waals surface area contributed by atoms with E-state index in [9.17, 15) is 22.8 Å². The summed E-state index contributed by atoms with van der Waals surface area (Å²) in [6.07, 6.45) is -3.10. The quantitative estimate of drug-likeness (QED) is 0.796. The summed E-state index contributed by atoms with van der Waals surface area (Å²) in [5.74, 6) is -0.263. The van der Waals surface area contributed by atoms with E-state index in [4.69, 9.17) is 9.15 Å². The molecule has 0 fully saturated rings. The van der Waals surface area contributed by atoms with Gasteiger partial charge in [0.15, 0.2) is 0 Å². The third-order valence-electron chi connectivity index (χ3n) is 4.44. The van der Waals surface area contributed by atoms with Crippen LogP contribution in [0.1, 0.15) is 29.9 Å². The number of esters is 1. The van der Waals surface area contributed by atoms with Crippen molar-refractivity contribution in [2.75, 3.05) is 7.11 Å². The van der Waals surface area contributed by atoms with Gasteiger partial charge in [-0.1, -0.05) is 12.1 Å². The summed E-state index contributed by atoms with van der Waals surface area (Å²) in [4.78, 5) is 26.3. The van der Waals surface area contributed by atoms with E-state index in [1.54, 1.807) is 12.1 Å². The predicted molar refractivity (Wildman–Crippen MR) is 91.7 cm³/mol. The number of hydrogen-bond acceptors (Lipinski definition) is 4. The molecule has 1 aromatic heterocycles. The number of rotatable bonds is 4. The molecule has 2 heterocycles. The van der Waals surface area contributed by atoms with Gasteiger partial charge in [-0.25, -0.2) is 9.59 Å². The highest BCUT2D eigenvalue weighted by molar-refractivity contribution is 5.95. The Hall–Kier alpha value is -3.23. The fourth-order valence-electron chi connectivity index (χ4n) is 3.05. The maximum Gasteiger partial charge on any atom is 0.416 e. The molecule has 2 amide bonds. The molecule has 1 atom stereocenters. The highest BCUT2D eigenvalue weighted by Gasteiger charge is 2.38. The Bertz CT molecular complexity index is 920. The molecule has 0 saturated heterocycles. The molecule has 3 rings (SSSR count). The fraction of sp³-hybridized carbons (Fsp3) is 0.263. The number of hydrogen-bond donors (Lipinski definition) is 1. The van der Waals surface area contributed by atoms with Crippen LogP contribution in [-0.2, 0) is 22.3 Å². The number of allylic oxidation sites excluding steroid dienone is 1. The minimum atomic E-state index is -4.55. The number of halogens is 3. The molecule has 9 heteroatoms. The second-order valence-corrected chi connectivity index (χ2v) is 6.16. The third kappa shape index (κ3) is 3.73. The molecule has 28 heavy (non-hydrogen) atoms. The Morgan fingerprint density at radius 2 is 2.04 bits per heavy atom. The largest absolute Gasteiger partial charge is 0.467 e. The van der Waals surface area contributed by atoms with Crippen molar-refractivity contribution in [1.82, 2.24) is 10.2 Å². The van der Waals surface area contributed by atoms with Gasteiger partial charge in [-0.2, -0.15) is 13.2 Å². The number of furan rings is 1. The Morgan fingerprint density at radius 3 is 2.64 bits per heavy atom. The normalized spacial score (nSPS) is 17.5. The average molecular weight is 394 g/mol. The summed E-state index contributed by atoms with van der Waals surface area (Å²) in [5, 5.41) is 2.59. The third-order valence-corrected chi connectivity index (χ3v) is 4.44. The van der Waals surface area contributed by atoms with Gasteiger partial charge in [-0.3, -0.25) is 4.90 Å². The topological polar surface area (TPSA) is 71.8 Å². The number of alkyl halides is 3. The van der Waals surface area contributed by atoms with Crippen LogP contribution in [0.3, 0.4) is 0 Å². The van der Waals surface area contributed by atoms with Gasteiger partial charge in [0.25, 0.3) is 0 Å². The molecule has 1 aliphatic rings. The molecule has 0 aliphatic carbocycles. The Labute approximate surface area is 158 Å². The van der Waals surface area contributed by atoms with Crippen LogP contribution in [0.15, 0.2) is 58.3 Å². The predicted octanol–water partition coefficient (Wildman–Crippen LogP) is 4.01. The SMILES string of the molecule is COC(=O)C1=C(C)N(Cc2ccco2)C(=O)N[C@@H]1c1cccc(C(F)(F)F)c1. The van der Waals surface area contributed by atoms with E-state index >= 15 is 0 Å². The first-order chi connectivity index (χ1) is 13.2. The number of methoxy groups -OCH3 is 1. The van der Waals surface area contributed by atoms with Crippen molar-refractivity contribution in [2.24, 2.45) is 0 Å². The summed E-state index contributed by atoms with van der Waals surface area (Å²) in [5.41, 5.74) is -0.429. The summed E-state index contributed by atoms with van der Waals surface area (Å²) < 4.78 is 49.3. The highest BCUT2D eigenvalue weighted by Crippen LogP contribution is 2.35. The van der Waals surface area contributed by atoms with E-state index < -0.39 is 29.8 Å². The molecular weight excluding hydrogens is 377 g/mol. The number of nitrogens with one attached hydrogen (secondary N) is 1. The van der Waals surface area contributed by atoms with E-state index in [1.165, 1.54) is 37.3 Å². The van der Waals surface area contributed by atoms with Crippen LogP contribution in [0.25, 0.3) is 0 Å². The zero-order chi connectivity index (χ0) is 20.5. The van der Waals surface area contributed by atoms with Crippen molar-refractivity contribution in [2.45, 2.75) is 25.7 Å². The van der Waals surface area contributed by atoms with E-state index in [2.05, 4.69) is 5.32 Å². The van der Waals surface area contributed by atoms with E-state index in [0.717, 1.165) is 12.1 Å². The molecule has 1 aliphatic heterocycles. The van der Waals surface area contributed by atoms with E-state index in [0.29, 0.717) is 5.76 Å². The number of nitrogens with zero attached hydrogens (tertiary/aromatic N) is 1. The molecule has 148 valence electrons. The van der Waals surface area contributed by atoms with Crippen molar-refractivity contribution in [3.8, 4) is 0 Å². The smallest absolute Gasteiger partial charge is 0.416 e. The van der Waals surface area contributed by atoms with Gasteiger partial charge in [0.05, 0.1) is 37.1 Å². The maximum absolute atomic E-state index is 13.1. The molecule has 0 radical (unpaired) electrons. The Kier molecular flexibility index (Phi) is 5.17. The van der Waals surface area contributed by atoms with Gasteiger partial charge < -0.3 is 14.5 Å². The maximum atomic E-state index is 13.1. The van der Waals surface area contributed by atoms with Crippen molar-refractivity contribution < 1.29 is 31.9 Å². The summed E-state index contributed by atoms with van der Waals surface area (Å²) in [6, 6.07) is 6.15. The number of urea groups is 1. The van der Waals surface area contributed by atoms with Gasteiger partial charge in [-0.05, 0) is 36.8 Å². The molecule has 6 nitrogen and oxygen atoms in total. The standard InChI is InChI=1S/C19H17F3N2O4/c1-11-15(17(25)27-2)16(12-5-3-6-13(9-12)19(20,21)22)23-18(26)24(11)10-14-7-4-8-28-14/h3-9,16H,10H2,1-2H3,(H,23,26)/t16-/m1/s1. The van der Waals surface area contributed by atoms with Crippen LogP contribution in [-0.4, -0.2) is 24.0 Å². The summed E-state index contributed by atoms with van der Waals surface area (Å²) in [7, 11) is 1.17. The van der Waals surface area contributed by atoms with Gasteiger partial charge in [0.1, 0.15) is 5.76 Å². The summed E-state index contributed by atoms with van der Waals surface area (Å²) >= 11 is 0. The monoisotopic (exact) mass is 394 g/mol. The lowest BCUT2D eigenvalue weighted by molar-refractivity contribution is -0.137. The lowest BCUT2D eigenvalue weighted by Crippen LogP contribution is -2.47. The zero-order valence-corrected chi connectivity index (χ0v) is 15.0. The Balaban J connectivity index is 2.05. The van der Waals surface area contributed by atoms with Crippen molar-refractivity contribution in [1.29, 1.82) is 0 Å². The number of amides is 2. The first-order valence-corrected chi connectivity index (χ1v) is 8.29. The highest BCUT2D eigenvalue weighted by atomic mass is 19.4. The van der Waals surface area contributed by atoms with Crippen LogP contribution in [0.2, 0.25) is 0 Å². The number of carbonyl (C=O) groups is 2. The molecule has 0 unspecified atom stereocenters. The number of carbonyl (C=O) groups excluding carboxylic acids is 2. The lowest BCUT2D eigenvalue weighted by atomic mass is 9.93. The number of benzene rings is 1. The molecule has 0 spiro atoms. The zero-order valence-electron chi connectivity index (χ0n) is 15.0. The molecule has 1 N–H and O–H groups in total. The van der Waals surface area contributed by atoms with Crippen LogP contribution < -0.4 is 5.32 Å². The van der Waals surface area contributed by atoms with Crippen molar-refractivity contribution >= 4 is 12.0 Å². The fourth-order valence-corrected chi connectivity index (χ4v) is 3.05. The molecule has 1 aromatic carbocycles. The van der Waals surface area contributed by atoms with Crippen molar-refractivity contribution in [3.05, 3.63) is 70.8 Å². The lowest BCUT2D eigenvalue weighted by Gasteiger charge is -2.35. The molecule has 2 aromatic rings. The van der Waals surface area contributed by atoms with Gasteiger partial charge in [0, 0.05) is 5.70 Å². The van der Waals surface area contributed by atoms with Gasteiger partial charge in [-0.15, -0.1) is 0 Å².